The number of sulfonamides is 1. The number of hydrogen-bond acceptors (Lipinski definition) is 3. The van der Waals surface area contributed by atoms with E-state index >= 15 is 0 Å². The van der Waals surface area contributed by atoms with Crippen molar-refractivity contribution in [2.45, 2.75) is 56.5 Å². The Morgan fingerprint density at radius 3 is 2.29 bits per heavy atom. The fourth-order valence-electron chi connectivity index (χ4n) is 3.62. The summed E-state index contributed by atoms with van der Waals surface area (Å²) >= 11 is 0. The lowest BCUT2D eigenvalue weighted by molar-refractivity contribution is -0.121. The zero-order chi connectivity index (χ0) is 20.0. The molecule has 1 N–H and O–H groups in total. The van der Waals surface area contributed by atoms with Gasteiger partial charge in [-0.15, -0.1) is 0 Å². The van der Waals surface area contributed by atoms with E-state index < -0.39 is 10.0 Å². The highest BCUT2D eigenvalue weighted by Gasteiger charge is 2.33. The molecule has 0 bridgehead atoms. The van der Waals surface area contributed by atoms with Crippen molar-refractivity contribution in [1.82, 2.24) is 9.62 Å². The van der Waals surface area contributed by atoms with Crippen LogP contribution in [0.5, 0.6) is 0 Å². The molecule has 0 spiro atoms. The number of rotatable bonds is 7. The molecule has 28 heavy (non-hydrogen) atoms. The van der Waals surface area contributed by atoms with Gasteiger partial charge < -0.3 is 5.32 Å². The average molecular weight is 401 g/mol. The van der Waals surface area contributed by atoms with Crippen molar-refractivity contribution in [1.29, 1.82) is 0 Å². The molecule has 2 aromatic rings. The highest BCUT2D eigenvalue weighted by atomic mass is 32.2. The van der Waals surface area contributed by atoms with Gasteiger partial charge in [0.2, 0.25) is 15.9 Å². The Morgan fingerprint density at radius 2 is 1.64 bits per heavy atom. The summed E-state index contributed by atoms with van der Waals surface area (Å²) in [5.41, 5.74) is 1.99. The van der Waals surface area contributed by atoms with Crippen LogP contribution in [0.3, 0.4) is 0 Å². The number of hydrogen-bond donors (Lipinski definition) is 1. The van der Waals surface area contributed by atoms with Crippen molar-refractivity contribution in [2.75, 3.05) is 6.54 Å². The highest BCUT2D eigenvalue weighted by molar-refractivity contribution is 7.89. The summed E-state index contributed by atoms with van der Waals surface area (Å²) in [5, 5.41) is 2.86. The summed E-state index contributed by atoms with van der Waals surface area (Å²) < 4.78 is 28.0. The molecule has 1 saturated carbocycles. The zero-order valence-corrected chi connectivity index (χ0v) is 17.1. The van der Waals surface area contributed by atoms with E-state index in [4.69, 9.17) is 0 Å². The van der Waals surface area contributed by atoms with Crippen LogP contribution in [0.15, 0.2) is 59.5 Å². The molecule has 0 radical (unpaired) electrons. The summed E-state index contributed by atoms with van der Waals surface area (Å²) in [6.45, 7) is 2.17. The fourth-order valence-corrected chi connectivity index (χ4v) is 5.26. The van der Waals surface area contributed by atoms with Crippen LogP contribution in [0.25, 0.3) is 0 Å². The van der Waals surface area contributed by atoms with Gasteiger partial charge in [-0.2, -0.15) is 4.31 Å². The standard InChI is InChI=1S/C22H28N2O3S/c1-18-12-14-21(15-13-18)28(26,27)24(20-10-6-3-7-11-20)17-22(25)23-16-19-8-4-2-5-9-19/h2,4-5,8-9,12-15,20H,3,6-7,10-11,16-17H2,1H3,(H,23,25). The molecule has 1 aliphatic rings. The molecule has 3 rings (SSSR count). The van der Waals surface area contributed by atoms with Crippen molar-refractivity contribution in [2.24, 2.45) is 0 Å². The van der Waals surface area contributed by atoms with Gasteiger partial charge in [-0.1, -0.05) is 67.3 Å². The van der Waals surface area contributed by atoms with E-state index in [0.717, 1.165) is 43.2 Å². The van der Waals surface area contributed by atoms with E-state index in [0.29, 0.717) is 6.54 Å². The summed E-state index contributed by atoms with van der Waals surface area (Å²) in [7, 11) is -3.72. The van der Waals surface area contributed by atoms with Crippen molar-refractivity contribution in [3.8, 4) is 0 Å². The summed E-state index contributed by atoms with van der Waals surface area (Å²) in [5.74, 6) is -0.273. The smallest absolute Gasteiger partial charge is 0.243 e. The summed E-state index contributed by atoms with van der Waals surface area (Å²) in [6, 6.07) is 16.3. The molecule has 0 heterocycles. The third kappa shape index (κ3) is 5.20. The molecule has 0 aliphatic heterocycles. The number of benzene rings is 2. The predicted molar refractivity (Wildman–Crippen MR) is 110 cm³/mol. The summed E-state index contributed by atoms with van der Waals surface area (Å²) in [4.78, 5) is 12.8. The molecule has 6 heteroatoms. The zero-order valence-electron chi connectivity index (χ0n) is 16.3. The van der Waals surface area contributed by atoms with Crippen molar-refractivity contribution < 1.29 is 13.2 Å². The maximum absolute atomic E-state index is 13.3. The molecular formula is C22H28N2O3S. The lowest BCUT2D eigenvalue weighted by atomic mass is 9.95. The Morgan fingerprint density at radius 1 is 1.00 bits per heavy atom. The van der Waals surface area contributed by atoms with Gasteiger partial charge in [-0.25, -0.2) is 8.42 Å². The third-order valence-corrected chi connectivity index (χ3v) is 7.15. The largest absolute Gasteiger partial charge is 0.351 e. The van der Waals surface area contributed by atoms with Crippen LogP contribution in [-0.2, 0) is 21.4 Å². The van der Waals surface area contributed by atoms with E-state index in [1.165, 1.54) is 4.31 Å². The molecule has 2 aromatic carbocycles. The first-order chi connectivity index (χ1) is 13.5. The van der Waals surface area contributed by atoms with Gasteiger partial charge in [0.15, 0.2) is 0 Å². The molecule has 1 fully saturated rings. The van der Waals surface area contributed by atoms with E-state index in [1.807, 2.05) is 37.3 Å². The van der Waals surface area contributed by atoms with Crippen molar-refractivity contribution >= 4 is 15.9 Å². The molecule has 0 unspecified atom stereocenters. The Labute approximate surface area is 167 Å². The first kappa shape index (κ1) is 20.6. The lowest BCUT2D eigenvalue weighted by Crippen LogP contribution is -2.46. The third-order valence-electron chi connectivity index (χ3n) is 5.24. The van der Waals surface area contributed by atoms with E-state index in [1.54, 1.807) is 24.3 Å². The van der Waals surface area contributed by atoms with Crippen molar-refractivity contribution in [3.05, 3.63) is 65.7 Å². The second-order valence-electron chi connectivity index (χ2n) is 7.42. The maximum Gasteiger partial charge on any atom is 0.243 e. The number of nitrogens with one attached hydrogen (secondary N) is 1. The first-order valence-corrected chi connectivity index (χ1v) is 11.3. The second kappa shape index (κ2) is 9.34. The second-order valence-corrected chi connectivity index (χ2v) is 9.31. The number of nitrogens with zero attached hydrogens (tertiary/aromatic N) is 1. The van der Waals surface area contributed by atoms with Crippen molar-refractivity contribution in [3.63, 3.8) is 0 Å². The quantitative estimate of drug-likeness (QED) is 0.772. The Bertz CT molecular complexity index is 874. The lowest BCUT2D eigenvalue weighted by Gasteiger charge is -2.33. The van der Waals surface area contributed by atoms with Crippen LogP contribution in [0, 0.1) is 6.92 Å². The maximum atomic E-state index is 13.3. The van der Waals surface area contributed by atoms with Gasteiger partial charge in [0.1, 0.15) is 0 Å². The van der Waals surface area contributed by atoms with E-state index in [9.17, 15) is 13.2 Å². The molecule has 0 saturated heterocycles. The minimum atomic E-state index is -3.72. The number of carbonyl (C=O) groups excluding carboxylic acids is 1. The first-order valence-electron chi connectivity index (χ1n) is 9.86. The Balaban J connectivity index is 1.76. The Hall–Kier alpha value is -2.18. The van der Waals surface area contributed by atoms with E-state index in [2.05, 4.69) is 5.32 Å². The monoisotopic (exact) mass is 400 g/mol. The molecule has 150 valence electrons. The number of aryl methyl sites for hydroxylation is 1. The van der Waals surface area contributed by atoms with E-state index in [-0.39, 0.29) is 23.4 Å². The predicted octanol–water partition coefficient (Wildman–Crippen LogP) is 3.63. The number of amides is 1. The fraction of sp³-hybridized carbons (Fsp3) is 0.409. The van der Waals surface area contributed by atoms with Crippen LogP contribution >= 0.6 is 0 Å². The molecular weight excluding hydrogens is 372 g/mol. The Kier molecular flexibility index (Phi) is 6.86. The number of carbonyl (C=O) groups is 1. The van der Waals surface area contributed by atoms with Crippen LogP contribution in [0.2, 0.25) is 0 Å². The molecule has 0 aromatic heterocycles. The SMILES string of the molecule is Cc1ccc(S(=O)(=O)N(CC(=O)NCc2ccccc2)C2CCCCC2)cc1. The van der Waals surface area contributed by atoms with Crippen LogP contribution in [0.4, 0.5) is 0 Å². The molecule has 5 nitrogen and oxygen atoms in total. The van der Waals surface area contributed by atoms with Gasteiger partial charge >= 0.3 is 0 Å². The normalized spacial score (nSPS) is 15.5. The highest BCUT2D eigenvalue weighted by Crippen LogP contribution is 2.27. The molecule has 1 aliphatic carbocycles. The summed E-state index contributed by atoms with van der Waals surface area (Å²) in [6.07, 6.45) is 4.72. The minimum absolute atomic E-state index is 0.123. The van der Waals surface area contributed by atoms with Crippen LogP contribution in [0.1, 0.15) is 43.2 Å². The topological polar surface area (TPSA) is 66.5 Å². The molecule has 1 amide bonds. The minimum Gasteiger partial charge on any atom is -0.351 e. The van der Waals surface area contributed by atoms with Gasteiger partial charge in [-0.05, 0) is 37.5 Å². The van der Waals surface area contributed by atoms with Gasteiger partial charge in [0.05, 0.1) is 11.4 Å². The molecule has 0 atom stereocenters. The average Bonchev–Trinajstić information content (AvgIpc) is 2.72. The van der Waals surface area contributed by atoms with Gasteiger partial charge in [0.25, 0.3) is 0 Å². The van der Waals surface area contributed by atoms with Crippen LogP contribution in [-0.4, -0.2) is 31.2 Å². The van der Waals surface area contributed by atoms with Gasteiger partial charge in [-0.3, -0.25) is 4.79 Å². The van der Waals surface area contributed by atoms with Crippen LogP contribution < -0.4 is 5.32 Å². The van der Waals surface area contributed by atoms with Gasteiger partial charge in [0, 0.05) is 12.6 Å².